The van der Waals surface area contributed by atoms with E-state index in [9.17, 15) is 0 Å². The molecule has 1 fully saturated rings. The van der Waals surface area contributed by atoms with Gasteiger partial charge in [-0.2, -0.15) is 0 Å². The van der Waals surface area contributed by atoms with Gasteiger partial charge in [0.1, 0.15) is 0 Å². The fourth-order valence-electron chi connectivity index (χ4n) is 2.68. The van der Waals surface area contributed by atoms with Crippen LogP contribution in [-0.4, -0.2) is 36.1 Å². The molecular formula is C11H17N3S. The Labute approximate surface area is 94.5 Å². The quantitative estimate of drug-likeness (QED) is 0.779. The maximum absolute atomic E-state index is 4.70. The van der Waals surface area contributed by atoms with Crippen LogP contribution in [0.1, 0.15) is 28.0 Å². The predicted octanol–water partition coefficient (Wildman–Crippen LogP) is 1.34. The van der Waals surface area contributed by atoms with Gasteiger partial charge in [0, 0.05) is 31.1 Å². The number of fused-ring (bicyclic) bond motifs is 1. The molecule has 1 saturated heterocycles. The second-order valence-corrected chi connectivity index (χ2v) is 5.67. The molecule has 0 spiro atoms. The van der Waals surface area contributed by atoms with E-state index in [0.717, 1.165) is 13.1 Å². The van der Waals surface area contributed by atoms with E-state index in [1.54, 1.807) is 0 Å². The standard InChI is InChI=1S/C11H17N3S/c1-8-13-11-9(2-3-10(11)15-8)14-6-4-12-5-7-14/h9,12H,2-7H2,1H3. The van der Waals surface area contributed by atoms with E-state index in [1.807, 2.05) is 11.3 Å². The molecule has 1 N–H and O–H groups in total. The summed E-state index contributed by atoms with van der Waals surface area (Å²) in [6.07, 6.45) is 2.53. The Bertz CT molecular complexity index is 355. The van der Waals surface area contributed by atoms with Gasteiger partial charge in [0.05, 0.1) is 16.7 Å². The van der Waals surface area contributed by atoms with Crippen LogP contribution >= 0.6 is 11.3 Å². The minimum absolute atomic E-state index is 0.618. The molecule has 3 nitrogen and oxygen atoms in total. The molecule has 1 unspecified atom stereocenters. The number of thiazole rings is 1. The molecule has 1 aliphatic carbocycles. The Hall–Kier alpha value is -0.450. The molecule has 0 aromatic carbocycles. The number of hydrogen-bond donors (Lipinski definition) is 1. The Morgan fingerprint density at radius 2 is 2.20 bits per heavy atom. The molecule has 82 valence electrons. The second-order valence-electron chi connectivity index (χ2n) is 4.38. The molecule has 1 aliphatic heterocycles. The lowest BCUT2D eigenvalue weighted by Gasteiger charge is -2.32. The molecule has 4 heteroatoms. The van der Waals surface area contributed by atoms with E-state index in [2.05, 4.69) is 17.1 Å². The van der Waals surface area contributed by atoms with Gasteiger partial charge in [0.25, 0.3) is 0 Å². The van der Waals surface area contributed by atoms with Crippen molar-refractivity contribution in [3.63, 3.8) is 0 Å². The van der Waals surface area contributed by atoms with Crippen LogP contribution in [0.5, 0.6) is 0 Å². The molecule has 0 bridgehead atoms. The summed E-state index contributed by atoms with van der Waals surface area (Å²) in [6.45, 7) is 6.75. The summed E-state index contributed by atoms with van der Waals surface area (Å²) < 4.78 is 0. The van der Waals surface area contributed by atoms with Crippen molar-refractivity contribution in [2.75, 3.05) is 26.2 Å². The molecule has 0 saturated carbocycles. The zero-order chi connectivity index (χ0) is 10.3. The number of piperazine rings is 1. The number of nitrogens with one attached hydrogen (secondary N) is 1. The summed E-state index contributed by atoms with van der Waals surface area (Å²) >= 11 is 1.89. The number of aromatic nitrogens is 1. The van der Waals surface area contributed by atoms with Crippen molar-refractivity contribution in [1.29, 1.82) is 0 Å². The van der Waals surface area contributed by atoms with Crippen LogP contribution in [0.15, 0.2) is 0 Å². The number of hydrogen-bond acceptors (Lipinski definition) is 4. The summed E-state index contributed by atoms with van der Waals surface area (Å²) in [5.74, 6) is 0. The highest BCUT2D eigenvalue weighted by molar-refractivity contribution is 7.11. The lowest BCUT2D eigenvalue weighted by molar-refractivity contribution is 0.171. The Kier molecular flexibility index (Phi) is 2.50. The highest BCUT2D eigenvalue weighted by Gasteiger charge is 2.31. The lowest BCUT2D eigenvalue weighted by atomic mass is 10.2. The number of rotatable bonds is 1. The van der Waals surface area contributed by atoms with Crippen LogP contribution in [0.4, 0.5) is 0 Å². The van der Waals surface area contributed by atoms with Crippen LogP contribution in [0.2, 0.25) is 0 Å². The zero-order valence-electron chi connectivity index (χ0n) is 9.12. The monoisotopic (exact) mass is 223 g/mol. The van der Waals surface area contributed by atoms with E-state index in [0.29, 0.717) is 6.04 Å². The van der Waals surface area contributed by atoms with Gasteiger partial charge in [0.15, 0.2) is 0 Å². The SMILES string of the molecule is Cc1nc2c(s1)CCC2N1CCNCC1. The van der Waals surface area contributed by atoms with Crippen LogP contribution in [0, 0.1) is 6.92 Å². The van der Waals surface area contributed by atoms with Crippen molar-refractivity contribution in [1.82, 2.24) is 15.2 Å². The third-order valence-corrected chi connectivity index (χ3v) is 4.43. The molecule has 2 aliphatic rings. The average molecular weight is 223 g/mol. The van der Waals surface area contributed by atoms with E-state index in [-0.39, 0.29) is 0 Å². The molecule has 3 rings (SSSR count). The van der Waals surface area contributed by atoms with Crippen molar-refractivity contribution in [3.8, 4) is 0 Å². The number of nitrogens with zero attached hydrogens (tertiary/aromatic N) is 2. The zero-order valence-corrected chi connectivity index (χ0v) is 9.94. The van der Waals surface area contributed by atoms with Crippen LogP contribution in [-0.2, 0) is 6.42 Å². The highest BCUT2D eigenvalue weighted by atomic mass is 32.1. The van der Waals surface area contributed by atoms with Gasteiger partial charge < -0.3 is 5.32 Å². The van der Waals surface area contributed by atoms with Gasteiger partial charge in [-0.05, 0) is 19.8 Å². The molecule has 15 heavy (non-hydrogen) atoms. The van der Waals surface area contributed by atoms with Crippen LogP contribution in [0.25, 0.3) is 0 Å². The highest BCUT2D eigenvalue weighted by Crippen LogP contribution is 2.38. The van der Waals surface area contributed by atoms with Crippen molar-refractivity contribution in [3.05, 3.63) is 15.6 Å². The first-order valence-electron chi connectivity index (χ1n) is 5.75. The molecular weight excluding hydrogens is 206 g/mol. The first-order chi connectivity index (χ1) is 7.34. The van der Waals surface area contributed by atoms with Gasteiger partial charge in [-0.3, -0.25) is 4.90 Å². The minimum Gasteiger partial charge on any atom is -0.314 e. The maximum atomic E-state index is 4.70. The normalized spacial score (nSPS) is 26.9. The number of aryl methyl sites for hydroxylation is 2. The fourth-order valence-corrected chi connectivity index (χ4v) is 3.69. The fraction of sp³-hybridized carbons (Fsp3) is 0.727. The Balaban J connectivity index is 1.82. The minimum atomic E-state index is 0.618. The first kappa shape index (κ1) is 9.75. The van der Waals surface area contributed by atoms with Gasteiger partial charge in [0.2, 0.25) is 0 Å². The Morgan fingerprint density at radius 1 is 1.40 bits per heavy atom. The van der Waals surface area contributed by atoms with E-state index in [1.165, 1.54) is 41.5 Å². The van der Waals surface area contributed by atoms with Gasteiger partial charge in [-0.25, -0.2) is 4.98 Å². The summed E-state index contributed by atoms with van der Waals surface area (Å²) in [5, 5.41) is 4.64. The largest absolute Gasteiger partial charge is 0.314 e. The van der Waals surface area contributed by atoms with Crippen molar-refractivity contribution >= 4 is 11.3 Å². The predicted molar refractivity (Wildman–Crippen MR) is 62.4 cm³/mol. The molecule has 1 atom stereocenters. The third-order valence-electron chi connectivity index (χ3n) is 3.39. The van der Waals surface area contributed by atoms with Crippen molar-refractivity contribution < 1.29 is 0 Å². The maximum Gasteiger partial charge on any atom is 0.0900 e. The van der Waals surface area contributed by atoms with E-state index >= 15 is 0 Å². The molecule has 1 aromatic heterocycles. The van der Waals surface area contributed by atoms with Crippen molar-refractivity contribution in [2.24, 2.45) is 0 Å². The lowest BCUT2D eigenvalue weighted by Crippen LogP contribution is -2.44. The van der Waals surface area contributed by atoms with Crippen LogP contribution in [0.3, 0.4) is 0 Å². The Morgan fingerprint density at radius 3 is 3.00 bits per heavy atom. The third kappa shape index (κ3) is 1.71. The van der Waals surface area contributed by atoms with Gasteiger partial charge in [-0.15, -0.1) is 11.3 Å². The summed E-state index contributed by atoms with van der Waals surface area (Å²) in [7, 11) is 0. The summed E-state index contributed by atoms with van der Waals surface area (Å²) in [6, 6.07) is 0.618. The molecule has 2 heterocycles. The molecule has 0 amide bonds. The van der Waals surface area contributed by atoms with Crippen molar-refractivity contribution in [2.45, 2.75) is 25.8 Å². The topological polar surface area (TPSA) is 28.2 Å². The van der Waals surface area contributed by atoms with E-state index in [4.69, 9.17) is 4.98 Å². The van der Waals surface area contributed by atoms with Crippen LogP contribution < -0.4 is 5.32 Å². The summed E-state index contributed by atoms with van der Waals surface area (Å²) in [5.41, 5.74) is 1.39. The molecule has 1 aromatic rings. The molecule has 0 radical (unpaired) electrons. The second kappa shape index (κ2) is 3.85. The summed E-state index contributed by atoms with van der Waals surface area (Å²) in [4.78, 5) is 8.84. The van der Waals surface area contributed by atoms with E-state index < -0.39 is 0 Å². The first-order valence-corrected chi connectivity index (χ1v) is 6.57. The van der Waals surface area contributed by atoms with Gasteiger partial charge >= 0.3 is 0 Å². The smallest absolute Gasteiger partial charge is 0.0900 e. The average Bonchev–Trinajstić information content (AvgIpc) is 2.77. The van der Waals surface area contributed by atoms with Gasteiger partial charge in [-0.1, -0.05) is 0 Å².